The Bertz CT molecular complexity index is 863. The van der Waals surface area contributed by atoms with E-state index in [0.29, 0.717) is 30.7 Å². The number of aliphatic imine (C=N–C) groups is 1. The first kappa shape index (κ1) is 12.0. The minimum Gasteiger partial charge on any atom is -0.461 e. The normalized spacial score (nSPS) is 15.8. The lowest BCUT2D eigenvalue weighted by atomic mass is 10.1. The molecule has 5 heteroatoms. The fourth-order valence-electron chi connectivity index (χ4n) is 2.44. The Morgan fingerprint density at radius 3 is 2.52 bits per heavy atom. The van der Waals surface area contributed by atoms with E-state index in [4.69, 9.17) is 15.2 Å². The van der Waals surface area contributed by atoms with E-state index < -0.39 is 0 Å². The summed E-state index contributed by atoms with van der Waals surface area (Å²) < 4.78 is 11.0. The molecule has 2 N–H and O–H groups in total. The Morgan fingerprint density at radius 1 is 0.905 bits per heavy atom. The lowest BCUT2D eigenvalue weighted by Crippen LogP contribution is -2.27. The molecule has 0 aromatic heterocycles. The van der Waals surface area contributed by atoms with Gasteiger partial charge in [0.05, 0.1) is 10.9 Å². The van der Waals surface area contributed by atoms with E-state index in [1.54, 1.807) is 0 Å². The molecule has 0 radical (unpaired) electrons. The zero-order valence-electron chi connectivity index (χ0n) is 11.2. The molecule has 0 saturated carbocycles. The van der Waals surface area contributed by atoms with E-state index in [2.05, 4.69) is 9.98 Å². The second-order valence-electron chi connectivity index (χ2n) is 4.79. The monoisotopic (exact) mass is 279 g/mol. The molecule has 0 aliphatic carbocycles. The SMILES string of the molecule is Nc1ccccc1C1=Nc2cccc(=C3OCCO3)c2=N1. The summed E-state index contributed by atoms with van der Waals surface area (Å²) in [7, 11) is 0. The molecule has 2 heterocycles. The Kier molecular flexibility index (Phi) is 2.64. The number of nitrogen functional groups attached to an aromatic ring is 1. The van der Waals surface area contributed by atoms with Crippen molar-refractivity contribution in [2.75, 3.05) is 18.9 Å². The third-order valence-electron chi connectivity index (χ3n) is 3.43. The maximum atomic E-state index is 6.00. The number of anilines is 1. The predicted molar refractivity (Wildman–Crippen MR) is 79.6 cm³/mol. The molecule has 2 aromatic rings. The highest BCUT2D eigenvalue weighted by molar-refractivity contribution is 6.06. The molecule has 5 nitrogen and oxygen atoms in total. The molecule has 104 valence electrons. The van der Waals surface area contributed by atoms with Gasteiger partial charge in [-0.2, -0.15) is 0 Å². The van der Waals surface area contributed by atoms with Gasteiger partial charge in [0.1, 0.15) is 18.6 Å². The minimum atomic E-state index is 0.521. The molecule has 0 unspecified atom stereocenters. The fourth-order valence-corrected chi connectivity index (χ4v) is 2.44. The van der Waals surface area contributed by atoms with Gasteiger partial charge < -0.3 is 15.2 Å². The molecule has 0 bridgehead atoms. The van der Waals surface area contributed by atoms with Crippen LogP contribution in [-0.2, 0) is 9.47 Å². The quantitative estimate of drug-likeness (QED) is 0.795. The predicted octanol–water partition coefficient (Wildman–Crippen LogP) is 1.09. The summed E-state index contributed by atoms with van der Waals surface area (Å²) in [6.07, 6.45) is 0. The summed E-state index contributed by atoms with van der Waals surface area (Å²) >= 11 is 0. The molecular formula is C16H13N3O2. The van der Waals surface area contributed by atoms with Crippen LogP contribution in [0, 0.1) is 0 Å². The van der Waals surface area contributed by atoms with Crippen molar-refractivity contribution in [3.8, 4) is 0 Å². The summed E-state index contributed by atoms with van der Waals surface area (Å²) in [5.41, 5.74) is 8.30. The Labute approximate surface area is 121 Å². The van der Waals surface area contributed by atoms with Gasteiger partial charge in [-0.05, 0) is 24.3 Å². The summed E-state index contributed by atoms with van der Waals surface area (Å²) in [4.78, 5) is 9.18. The van der Waals surface area contributed by atoms with E-state index in [-0.39, 0.29) is 0 Å². The zero-order valence-corrected chi connectivity index (χ0v) is 11.2. The molecule has 4 rings (SSSR count). The highest BCUT2D eigenvalue weighted by atomic mass is 16.7. The Balaban J connectivity index is 1.92. The van der Waals surface area contributed by atoms with E-state index in [1.165, 1.54) is 0 Å². The van der Waals surface area contributed by atoms with Crippen LogP contribution in [0.25, 0.3) is 5.95 Å². The zero-order chi connectivity index (χ0) is 14.2. The third kappa shape index (κ3) is 1.94. The molecule has 1 saturated heterocycles. The van der Waals surface area contributed by atoms with Gasteiger partial charge in [-0.15, -0.1) is 0 Å². The van der Waals surface area contributed by atoms with Gasteiger partial charge in [0.25, 0.3) is 5.95 Å². The van der Waals surface area contributed by atoms with Crippen LogP contribution in [0.5, 0.6) is 0 Å². The van der Waals surface area contributed by atoms with E-state index in [9.17, 15) is 0 Å². The van der Waals surface area contributed by atoms with Crippen LogP contribution in [0.2, 0.25) is 0 Å². The lowest BCUT2D eigenvalue weighted by molar-refractivity contribution is 0.274. The Morgan fingerprint density at radius 2 is 1.71 bits per heavy atom. The topological polar surface area (TPSA) is 69.2 Å². The summed E-state index contributed by atoms with van der Waals surface area (Å²) in [6.45, 7) is 1.14. The molecule has 1 fully saturated rings. The first-order valence-electron chi connectivity index (χ1n) is 6.74. The summed E-state index contributed by atoms with van der Waals surface area (Å²) in [6, 6.07) is 13.3. The largest absolute Gasteiger partial charge is 0.461 e. The van der Waals surface area contributed by atoms with E-state index >= 15 is 0 Å². The van der Waals surface area contributed by atoms with Gasteiger partial charge in [-0.3, -0.25) is 0 Å². The van der Waals surface area contributed by atoms with Crippen LogP contribution in [0.15, 0.2) is 52.4 Å². The van der Waals surface area contributed by atoms with Gasteiger partial charge >= 0.3 is 0 Å². The van der Waals surface area contributed by atoms with Crippen molar-refractivity contribution in [3.05, 3.63) is 58.6 Å². The maximum absolute atomic E-state index is 6.00. The van der Waals surface area contributed by atoms with Gasteiger partial charge in [-0.25, -0.2) is 9.98 Å². The number of hydrogen-bond acceptors (Lipinski definition) is 5. The van der Waals surface area contributed by atoms with Crippen molar-refractivity contribution in [1.82, 2.24) is 0 Å². The molecular weight excluding hydrogens is 266 g/mol. The van der Waals surface area contributed by atoms with Crippen molar-refractivity contribution >= 4 is 23.2 Å². The number of amidine groups is 1. The standard InChI is InChI=1S/C16H13N3O2/c17-12-6-2-1-4-10(12)15-18-13-7-3-5-11(14(13)19-15)16-20-8-9-21-16/h1-7H,8-9,17H2. The number of rotatable bonds is 1. The molecule has 2 aliphatic heterocycles. The number of hydrogen-bond donors (Lipinski definition) is 1. The third-order valence-corrected chi connectivity index (χ3v) is 3.43. The first-order chi connectivity index (χ1) is 10.3. The second kappa shape index (κ2) is 4.63. The number of nitrogens with two attached hydrogens (primary N) is 1. The van der Waals surface area contributed by atoms with Gasteiger partial charge in [-0.1, -0.05) is 18.2 Å². The molecule has 0 spiro atoms. The minimum absolute atomic E-state index is 0.521. The van der Waals surface area contributed by atoms with Crippen molar-refractivity contribution in [2.24, 2.45) is 9.98 Å². The molecule has 2 aromatic carbocycles. The van der Waals surface area contributed by atoms with Gasteiger partial charge in [0.15, 0.2) is 5.84 Å². The fraction of sp³-hybridized carbons (Fsp3) is 0.125. The summed E-state index contributed by atoms with van der Waals surface area (Å²) in [5.74, 6) is 1.14. The average Bonchev–Trinajstić information content (AvgIpc) is 3.16. The van der Waals surface area contributed by atoms with Crippen molar-refractivity contribution < 1.29 is 9.47 Å². The molecule has 21 heavy (non-hydrogen) atoms. The van der Waals surface area contributed by atoms with E-state index in [1.807, 2.05) is 42.5 Å². The molecule has 0 atom stereocenters. The molecule has 0 amide bonds. The van der Waals surface area contributed by atoms with Crippen LogP contribution in [0.1, 0.15) is 5.56 Å². The van der Waals surface area contributed by atoms with Crippen molar-refractivity contribution in [1.29, 1.82) is 0 Å². The van der Waals surface area contributed by atoms with Gasteiger partial charge in [0.2, 0.25) is 0 Å². The van der Waals surface area contributed by atoms with Crippen LogP contribution >= 0.6 is 0 Å². The summed E-state index contributed by atoms with van der Waals surface area (Å²) in [5, 5.41) is 1.60. The first-order valence-corrected chi connectivity index (χ1v) is 6.74. The van der Waals surface area contributed by atoms with Crippen molar-refractivity contribution in [3.63, 3.8) is 0 Å². The number of para-hydroxylation sites is 2. The lowest BCUT2D eigenvalue weighted by Gasteiger charge is -2.01. The van der Waals surface area contributed by atoms with Crippen LogP contribution in [-0.4, -0.2) is 19.0 Å². The number of fused-ring (bicyclic) bond motifs is 1. The Hall–Kier alpha value is -2.82. The number of nitrogens with zero attached hydrogens (tertiary/aromatic N) is 2. The highest BCUT2D eigenvalue weighted by Crippen LogP contribution is 2.18. The van der Waals surface area contributed by atoms with E-state index in [0.717, 1.165) is 21.8 Å². The second-order valence-corrected chi connectivity index (χ2v) is 4.79. The van der Waals surface area contributed by atoms with Crippen LogP contribution < -0.4 is 16.3 Å². The average molecular weight is 279 g/mol. The van der Waals surface area contributed by atoms with Crippen molar-refractivity contribution in [2.45, 2.75) is 0 Å². The smallest absolute Gasteiger partial charge is 0.289 e. The number of ether oxygens (including phenoxy) is 2. The van der Waals surface area contributed by atoms with Gasteiger partial charge in [0, 0.05) is 11.3 Å². The molecule has 2 aliphatic rings. The maximum Gasteiger partial charge on any atom is 0.289 e. The number of benzene rings is 2. The highest BCUT2D eigenvalue weighted by Gasteiger charge is 2.17. The van der Waals surface area contributed by atoms with Crippen LogP contribution in [0.3, 0.4) is 0 Å². The van der Waals surface area contributed by atoms with Crippen LogP contribution in [0.4, 0.5) is 11.4 Å².